The monoisotopic (exact) mass is 282 g/mol. The van der Waals surface area contributed by atoms with Crippen LogP contribution in [0.15, 0.2) is 0 Å². The summed E-state index contributed by atoms with van der Waals surface area (Å²) < 4.78 is 5.70. The average Bonchev–Trinajstić information content (AvgIpc) is 2.78. The van der Waals surface area contributed by atoms with E-state index in [-0.39, 0.29) is 18.2 Å². The lowest BCUT2D eigenvalue weighted by atomic mass is 9.82. The van der Waals surface area contributed by atoms with Crippen LogP contribution in [0, 0.1) is 0 Å². The molecule has 2 amide bonds. The molecule has 0 aromatic rings. The molecule has 2 heterocycles. The van der Waals surface area contributed by atoms with Gasteiger partial charge in [0.15, 0.2) is 0 Å². The lowest BCUT2D eigenvalue weighted by Crippen LogP contribution is -2.60. The number of carboxylic acid groups (broad SMARTS) is 1. The molecule has 0 aromatic heterocycles. The van der Waals surface area contributed by atoms with E-state index in [0.717, 1.165) is 32.1 Å². The van der Waals surface area contributed by atoms with Crippen LogP contribution in [0.3, 0.4) is 0 Å². The van der Waals surface area contributed by atoms with Gasteiger partial charge in [0.25, 0.3) is 0 Å². The van der Waals surface area contributed by atoms with Crippen molar-refractivity contribution in [1.29, 1.82) is 0 Å². The van der Waals surface area contributed by atoms with E-state index in [1.165, 1.54) is 0 Å². The van der Waals surface area contributed by atoms with E-state index in [1.54, 1.807) is 4.90 Å². The third-order valence-electron chi connectivity index (χ3n) is 4.79. The number of urea groups is 1. The number of carbonyl (C=O) groups is 2. The highest BCUT2D eigenvalue weighted by molar-refractivity contribution is 5.86. The van der Waals surface area contributed by atoms with E-state index < -0.39 is 11.5 Å². The van der Waals surface area contributed by atoms with Crippen LogP contribution < -0.4 is 5.32 Å². The summed E-state index contributed by atoms with van der Waals surface area (Å²) in [4.78, 5) is 25.7. The summed E-state index contributed by atoms with van der Waals surface area (Å²) in [6.07, 6.45) is 6.10. The minimum atomic E-state index is -1.06. The molecule has 2 N–H and O–H groups in total. The van der Waals surface area contributed by atoms with Crippen molar-refractivity contribution >= 4 is 12.0 Å². The number of amides is 2. The fraction of sp³-hybridized carbons (Fsp3) is 0.857. The van der Waals surface area contributed by atoms with Crippen LogP contribution in [0.25, 0.3) is 0 Å². The Labute approximate surface area is 118 Å². The van der Waals surface area contributed by atoms with Gasteiger partial charge in [-0.1, -0.05) is 19.3 Å². The second-order valence-corrected chi connectivity index (χ2v) is 6.24. The number of hydrogen-bond donors (Lipinski definition) is 2. The SMILES string of the molecule is O=C(NC1(C(=O)O)CCCCC1)N1CC2CCC(C1)O2. The quantitative estimate of drug-likeness (QED) is 0.801. The summed E-state index contributed by atoms with van der Waals surface area (Å²) in [6, 6.07) is -0.241. The van der Waals surface area contributed by atoms with Crippen molar-refractivity contribution in [2.24, 2.45) is 0 Å². The van der Waals surface area contributed by atoms with Gasteiger partial charge in [-0.2, -0.15) is 0 Å². The third-order valence-corrected chi connectivity index (χ3v) is 4.79. The number of rotatable bonds is 2. The van der Waals surface area contributed by atoms with E-state index in [9.17, 15) is 14.7 Å². The first-order valence-electron chi connectivity index (χ1n) is 7.55. The van der Waals surface area contributed by atoms with Crippen LogP contribution in [-0.4, -0.2) is 52.8 Å². The second kappa shape index (κ2) is 5.24. The van der Waals surface area contributed by atoms with Gasteiger partial charge in [-0.3, -0.25) is 0 Å². The Morgan fingerprint density at radius 2 is 1.70 bits per heavy atom. The topological polar surface area (TPSA) is 78.9 Å². The fourth-order valence-electron chi connectivity index (χ4n) is 3.61. The van der Waals surface area contributed by atoms with Crippen molar-refractivity contribution in [3.8, 4) is 0 Å². The van der Waals surface area contributed by atoms with Gasteiger partial charge in [0.05, 0.1) is 12.2 Å². The first-order chi connectivity index (χ1) is 9.59. The van der Waals surface area contributed by atoms with Crippen LogP contribution in [0.5, 0.6) is 0 Å². The Morgan fingerprint density at radius 3 is 2.25 bits per heavy atom. The molecule has 1 saturated carbocycles. The zero-order chi connectivity index (χ0) is 14.2. The van der Waals surface area contributed by atoms with E-state index in [0.29, 0.717) is 25.9 Å². The Balaban J connectivity index is 1.66. The summed E-state index contributed by atoms with van der Waals surface area (Å²) in [5.41, 5.74) is -1.06. The normalized spacial score (nSPS) is 31.9. The van der Waals surface area contributed by atoms with Gasteiger partial charge in [-0.15, -0.1) is 0 Å². The van der Waals surface area contributed by atoms with Crippen molar-refractivity contribution in [1.82, 2.24) is 10.2 Å². The third kappa shape index (κ3) is 2.49. The van der Waals surface area contributed by atoms with E-state index in [4.69, 9.17) is 4.74 Å². The number of likely N-dealkylation sites (tertiary alicyclic amines) is 1. The van der Waals surface area contributed by atoms with Gasteiger partial charge in [0, 0.05) is 13.1 Å². The maximum atomic E-state index is 12.4. The number of fused-ring (bicyclic) bond motifs is 2. The van der Waals surface area contributed by atoms with Crippen molar-refractivity contribution in [2.75, 3.05) is 13.1 Å². The fourth-order valence-corrected chi connectivity index (χ4v) is 3.61. The highest BCUT2D eigenvalue weighted by atomic mass is 16.5. The Hall–Kier alpha value is -1.30. The molecular formula is C14H22N2O4. The molecule has 3 fully saturated rings. The van der Waals surface area contributed by atoms with Gasteiger partial charge in [0.2, 0.25) is 0 Å². The van der Waals surface area contributed by atoms with Crippen LogP contribution in [0.2, 0.25) is 0 Å². The Morgan fingerprint density at radius 1 is 1.10 bits per heavy atom. The molecule has 2 aliphatic heterocycles. The van der Waals surface area contributed by atoms with Gasteiger partial charge >= 0.3 is 12.0 Å². The van der Waals surface area contributed by atoms with Crippen LogP contribution >= 0.6 is 0 Å². The molecule has 0 radical (unpaired) electrons. The van der Waals surface area contributed by atoms with Gasteiger partial charge in [0.1, 0.15) is 5.54 Å². The number of carboxylic acids is 1. The summed E-state index contributed by atoms with van der Waals surface area (Å²) >= 11 is 0. The highest BCUT2D eigenvalue weighted by Crippen LogP contribution is 2.30. The average molecular weight is 282 g/mol. The molecular weight excluding hydrogens is 260 g/mol. The number of hydrogen-bond acceptors (Lipinski definition) is 3. The molecule has 20 heavy (non-hydrogen) atoms. The molecule has 2 saturated heterocycles. The lowest BCUT2D eigenvalue weighted by molar-refractivity contribution is -0.146. The molecule has 0 aromatic carbocycles. The van der Waals surface area contributed by atoms with E-state index in [1.807, 2.05) is 0 Å². The van der Waals surface area contributed by atoms with Crippen LogP contribution in [0.1, 0.15) is 44.9 Å². The number of nitrogens with one attached hydrogen (secondary N) is 1. The molecule has 2 bridgehead atoms. The van der Waals surface area contributed by atoms with Crippen molar-refractivity contribution in [2.45, 2.75) is 62.7 Å². The van der Waals surface area contributed by atoms with Crippen molar-refractivity contribution < 1.29 is 19.4 Å². The Bertz CT molecular complexity index is 394. The van der Waals surface area contributed by atoms with E-state index in [2.05, 4.69) is 5.32 Å². The first kappa shape index (κ1) is 13.7. The first-order valence-corrected chi connectivity index (χ1v) is 7.55. The standard InChI is InChI=1S/C14H22N2O4/c17-12(18)14(6-2-1-3-7-14)15-13(19)16-8-10-4-5-11(9-16)20-10/h10-11H,1-9H2,(H,15,19)(H,17,18). The summed E-state index contributed by atoms with van der Waals surface area (Å²) in [5.74, 6) is -0.901. The van der Waals surface area contributed by atoms with Gasteiger partial charge in [-0.25, -0.2) is 9.59 Å². The molecule has 2 unspecified atom stereocenters. The molecule has 2 atom stereocenters. The maximum absolute atomic E-state index is 12.4. The second-order valence-electron chi connectivity index (χ2n) is 6.24. The van der Waals surface area contributed by atoms with Crippen molar-refractivity contribution in [3.05, 3.63) is 0 Å². The van der Waals surface area contributed by atoms with Gasteiger partial charge < -0.3 is 20.1 Å². The van der Waals surface area contributed by atoms with E-state index >= 15 is 0 Å². The molecule has 0 spiro atoms. The molecule has 1 aliphatic carbocycles. The predicted molar refractivity (Wildman–Crippen MR) is 71.5 cm³/mol. The van der Waals surface area contributed by atoms with Crippen LogP contribution in [-0.2, 0) is 9.53 Å². The zero-order valence-electron chi connectivity index (χ0n) is 11.6. The maximum Gasteiger partial charge on any atom is 0.329 e. The number of ether oxygens (including phenoxy) is 1. The summed E-state index contributed by atoms with van der Waals surface area (Å²) in [5, 5.41) is 12.3. The summed E-state index contributed by atoms with van der Waals surface area (Å²) in [7, 11) is 0. The molecule has 6 nitrogen and oxygen atoms in total. The Kier molecular flexibility index (Phi) is 3.58. The van der Waals surface area contributed by atoms with Crippen molar-refractivity contribution in [3.63, 3.8) is 0 Å². The smallest absolute Gasteiger partial charge is 0.329 e. The lowest BCUT2D eigenvalue weighted by Gasteiger charge is -2.38. The zero-order valence-corrected chi connectivity index (χ0v) is 11.6. The molecule has 3 aliphatic rings. The van der Waals surface area contributed by atoms with Crippen LogP contribution in [0.4, 0.5) is 4.79 Å². The van der Waals surface area contributed by atoms with Gasteiger partial charge in [-0.05, 0) is 25.7 Å². The largest absolute Gasteiger partial charge is 0.480 e. The number of aliphatic carboxylic acids is 1. The number of nitrogens with zero attached hydrogens (tertiary/aromatic N) is 1. The molecule has 3 rings (SSSR count). The minimum absolute atomic E-state index is 0.131. The number of carbonyl (C=O) groups excluding carboxylic acids is 1. The number of morpholine rings is 1. The minimum Gasteiger partial charge on any atom is -0.480 e. The molecule has 112 valence electrons. The molecule has 6 heteroatoms. The predicted octanol–water partition coefficient (Wildman–Crippen LogP) is 1.35. The highest BCUT2D eigenvalue weighted by Gasteiger charge is 2.43. The summed E-state index contributed by atoms with van der Waals surface area (Å²) in [6.45, 7) is 1.16.